The Bertz CT molecular complexity index is 278. The van der Waals surface area contributed by atoms with Gasteiger partial charge < -0.3 is 10.1 Å². The van der Waals surface area contributed by atoms with Gasteiger partial charge in [-0.1, -0.05) is 25.5 Å². The van der Waals surface area contributed by atoms with Crippen molar-refractivity contribution in [3.8, 4) is 5.75 Å². The van der Waals surface area contributed by atoms with Gasteiger partial charge in [-0.3, -0.25) is 0 Å². The number of hydrogen-bond donors (Lipinski definition) is 1. The Morgan fingerprint density at radius 1 is 1.27 bits per heavy atom. The molecule has 0 aliphatic carbocycles. The highest BCUT2D eigenvalue weighted by Gasteiger charge is 1.97. The molecule has 0 atom stereocenters. The SMILES string of the molecule is CCCCNCCOc1ccccc1Br. The maximum atomic E-state index is 5.61. The van der Waals surface area contributed by atoms with Crippen LogP contribution in [0, 0.1) is 0 Å². The van der Waals surface area contributed by atoms with E-state index < -0.39 is 0 Å². The second kappa shape index (κ2) is 7.71. The van der Waals surface area contributed by atoms with Crippen LogP contribution in [0.25, 0.3) is 0 Å². The summed E-state index contributed by atoms with van der Waals surface area (Å²) in [7, 11) is 0. The number of hydrogen-bond acceptors (Lipinski definition) is 2. The van der Waals surface area contributed by atoms with Crippen LogP contribution in [0.2, 0.25) is 0 Å². The molecule has 0 amide bonds. The van der Waals surface area contributed by atoms with Crippen molar-refractivity contribution in [3.05, 3.63) is 28.7 Å². The zero-order valence-electron chi connectivity index (χ0n) is 9.13. The first-order valence-corrected chi connectivity index (χ1v) is 6.22. The smallest absolute Gasteiger partial charge is 0.133 e. The zero-order chi connectivity index (χ0) is 10.9. The molecule has 2 nitrogen and oxygen atoms in total. The molecular weight excluding hydrogens is 254 g/mol. The average Bonchev–Trinajstić information content (AvgIpc) is 2.25. The summed E-state index contributed by atoms with van der Waals surface area (Å²) in [6, 6.07) is 7.91. The highest BCUT2D eigenvalue weighted by molar-refractivity contribution is 9.10. The summed E-state index contributed by atoms with van der Waals surface area (Å²) < 4.78 is 6.62. The second-order valence-corrected chi connectivity index (χ2v) is 4.24. The van der Waals surface area contributed by atoms with Gasteiger partial charge in [-0.25, -0.2) is 0 Å². The number of rotatable bonds is 7. The highest BCUT2D eigenvalue weighted by Crippen LogP contribution is 2.23. The van der Waals surface area contributed by atoms with E-state index in [2.05, 4.69) is 28.2 Å². The third-order valence-electron chi connectivity index (χ3n) is 2.08. The Morgan fingerprint density at radius 3 is 2.80 bits per heavy atom. The van der Waals surface area contributed by atoms with Crippen molar-refractivity contribution < 1.29 is 4.74 Å². The molecule has 0 heterocycles. The van der Waals surface area contributed by atoms with E-state index in [0.717, 1.165) is 23.3 Å². The Morgan fingerprint density at radius 2 is 2.07 bits per heavy atom. The first-order chi connectivity index (χ1) is 7.34. The lowest BCUT2D eigenvalue weighted by Gasteiger charge is -2.08. The van der Waals surface area contributed by atoms with Gasteiger partial charge in [0.1, 0.15) is 12.4 Å². The third kappa shape index (κ3) is 5.19. The van der Waals surface area contributed by atoms with Gasteiger partial charge in [-0.05, 0) is 41.0 Å². The molecular formula is C12H18BrNO. The topological polar surface area (TPSA) is 21.3 Å². The van der Waals surface area contributed by atoms with Crippen molar-refractivity contribution in [1.29, 1.82) is 0 Å². The summed E-state index contributed by atoms with van der Waals surface area (Å²) in [6.45, 7) is 4.89. The van der Waals surface area contributed by atoms with Crippen LogP contribution in [0.4, 0.5) is 0 Å². The van der Waals surface area contributed by atoms with Crippen LogP contribution >= 0.6 is 15.9 Å². The maximum absolute atomic E-state index is 5.61. The van der Waals surface area contributed by atoms with E-state index >= 15 is 0 Å². The molecule has 0 aromatic heterocycles. The molecule has 1 aromatic carbocycles. The normalized spacial score (nSPS) is 10.3. The summed E-state index contributed by atoms with van der Waals surface area (Å²) in [5.74, 6) is 0.912. The Hall–Kier alpha value is -0.540. The minimum absolute atomic E-state index is 0.715. The van der Waals surface area contributed by atoms with Gasteiger partial charge in [0.15, 0.2) is 0 Å². The predicted octanol–water partition coefficient (Wildman–Crippen LogP) is 3.22. The average molecular weight is 272 g/mol. The lowest BCUT2D eigenvalue weighted by Crippen LogP contribution is -2.22. The Kier molecular flexibility index (Phi) is 6.44. The molecule has 1 aromatic rings. The van der Waals surface area contributed by atoms with E-state index in [4.69, 9.17) is 4.74 Å². The number of unbranched alkanes of at least 4 members (excludes halogenated alkanes) is 1. The van der Waals surface area contributed by atoms with Gasteiger partial charge in [0, 0.05) is 6.54 Å². The van der Waals surface area contributed by atoms with Crippen molar-refractivity contribution in [2.45, 2.75) is 19.8 Å². The molecule has 0 bridgehead atoms. The number of benzene rings is 1. The van der Waals surface area contributed by atoms with Crippen LogP contribution in [-0.4, -0.2) is 19.7 Å². The largest absolute Gasteiger partial charge is 0.491 e. The van der Waals surface area contributed by atoms with Crippen molar-refractivity contribution in [3.63, 3.8) is 0 Å². The van der Waals surface area contributed by atoms with Crippen molar-refractivity contribution in [1.82, 2.24) is 5.32 Å². The molecule has 0 radical (unpaired) electrons. The minimum Gasteiger partial charge on any atom is -0.491 e. The van der Waals surface area contributed by atoms with Crippen LogP contribution in [0.3, 0.4) is 0 Å². The first kappa shape index (κ1) is 12.5. The third-order valence-corrected chi connectivity index (χ3v) is 2.74. The summed E-state index contributed by atoms with van der Waals surface area (Å²) in [4.78, 5) is 0. The fraction of sp³-hybridized carbons (Fsp3) is 0.500. The van der Waals surface area contributed by atoms with Gasteiger partial charge in [-0.15, -0.1) is 0 Å². The van der Waals surface area contributed by atoms with E-state index in [0.29, 0.717) is 6.61 Å². The maximum Gasteiger partial charge on any atom is 0.133 e. The van der Waals surface area contributed by atoms with E-state index in [1.807, 2.05) is 24.3 Å². The van der Waals surface area contributed by atoms with E-state index in [9.17, 15) is 0 Å². The van der Waals surface area contributed by atoms with Crippen molar-refractivity contribution in [2.75, 3.05) is 19.7 Å². The van der Waals surface area contributed by atoms with Gasteiger partial charge in [-0.2, -0.15) is 0 Å². The minimum atomic E-state index is 0.715. The molecule has 15 heavy (non-hydrogen) atoms. The van der Waals surface area contributed by atoms with Gasteiger partial charge >= 0.3 is 0 Å². The molecule has 3 heteroatoms. The molecule has 0 unspecified atom stereocenters. The number of para-hydroxylation sites is 1. The molecule has 0 fully saturated rings. The van der Waals surface area contributed by atoms with E-state index in [1.165, 1.54) is 12.8 Å². The summed E-state index contributed by atoms with van der Waals surface area (Å²) in [6.07, 6.45) is 2.47. The quantitative estimate of drug-likeness (QED) is 0.769. The van der Waals surface area contributed by atoms with Crippen molar-refractivity contribution in [2.24, 2.45) is 0 Å². The molecule has 0 saturated heterocycles. The number of nitrogens with one attached hydrogen (secondary N) is 1. The lowest BCUT2D eigenvalue weighted by molar-refractivity contribution is 0.312. The van der Waals surface area contributed by atoms with E-state index in [-0.39, 0.29) is 0 Å². The molecule has 0 aliphatic rings. The summed E-state index contributed by atoms with van der Waals surface area (Å²) in [5, 5.41) is 3.34. The van der Waals surface area contributed by atoms with Crippen LogP contribution in [0.15, 0.2) is 28.7 Å². The highest BCUT2D eigenvalue weighted by atomic mass is 79.9. The van der Waals surface area contributed by atoms with Gasteiger partial charge in [0.25, 0.3) is 0 Å². The number of halogens is 1. The van der Waals surface area contributed by atoms with Crippen LogP contribution in [0.5, 0.6) is 5.75 Å². The fourth-order valence-electron chi connectivity index (χ4n) is 1.22. The molecule has 84 valence electrons. The van der Waals surface area contributed by atoms with Crippen molar-refractivity contribution >= 4 is 15.9 Å². The monoisotopic (exact) mass is 271 g/mol. The van der Waals surface area contributed by atoms with Gasteiger partial charge in [0.05, 0.1) is 4.47 Å². The first-order valence-electron chi connectivity index (χ1n) is 5.42. The lowest BCUT2D eigenvalue weighted by atomic mass is 10.3. The zero-order valence-corrected chi connectivity index (χ0v) is 10.7. The predicted molar refractivity (Wildman–Crippen MR) is 67.4 cm³/mol. The molecule has 0 saturated carbocycles. The summed E-state index contributed by atoms with van der Waals surface area (Å²) in [5.41, 5.74) is 0. The Balaban J connectivity index is 2.12. The van der Waals surface area contributed by atoms with Crippen LogP contribution < -0.4 is 10.1 Å². The summed E-state index contributed by atoms with van der Waals surface area (Å²) >= 11 is 3.44. The molecule has 0 spiro atoms. The van der Waals surface area contributed by atoms with Crippen LogP contribution in [-0.2, 0) is 0 Å². The number of ether oxygens (including phenoxy) is 1. The second-order valence-electron chi connectivity index (χ2n) is 3.38. The molecule has 0 aliphatic heterocycles. The molecule has 1 N–H and O–H groups in total. The van der Waals surface area contributed by atoms with Gasteiger partial charge in [0.2, 0.25) is 0 Å². The van der Waals surface area contributed by atoms with Crippen LogP contribution in [0.1, 0.15) is 19.8 Å². The fourth-order valence-corrected chi connectivity index (χ4v) is 1.62. The standard InChI is InChI=1S/C12H18BrNO/c1-2-3-8-14-9-10-15-12-7-5-4-6-11(12)13/h4-7,14H,2-3,8-10H2,1H3. The van der Waals surface area contributed by atoms with E-state index in [1.54, 1.807) is 0 Å². The Labute approximate surface area is 100 Å². The molecule has 1 rings (SSSR count).